The predicted octanol–water partition coefficient (Wildman–Crippen LogP) is 4.92. The highest BCUT2D eigenvalue weighted by atomic mass is 19.5. The van der Waals surface area contributed by atoms with Crippen LogP contribution in [-0.4, -0.2) is 20.1 Å². The van der Waals surface area contributed by atoms with Crippen LogP contribution in [0.25, 0.3) is 22.3 Å². The Morgan fingerprint density at radius 1 is 0.909 bits per heavy atom. The van der Waals surface area contributed by atoms with Gasteiger partial charge in [-0.05, 0) is 55.5 Å². The molecule has 0 aliphatic heterocycles. The lowest BCUT2D eigenvalue weighted by molar-refractivity contribution is -0.400. The monoisotopic (exact) mass is 457 g/mol. The number of fused-ring (bicyclic) bond motifs is 1. The highest BCUT2D eigenvalue weighted by molar-refractivity contribution is 6.50. The van der Waals surface area contributed by atoms with E-state index in [4.69, 9.17) is 9.15 Å². The number of methoxy groups -OCH3 is 1. The number of ketones is 1. The van der Waals surface area contributed by atoms with Gasteiger partial charge in [-0.1, -0.05) is 12.1 Å². The molecular formula is C24H20BF4NO3. The number of Topliss-reactive ketones (excluding diaryl/α,β-unsaturated/α-hetero) is 1. The van der Waals surface area contributed by atoms with Crippen LogP contribution in [-0.2, 0) is 0 Å². The fourth-order valence-corrected chi connectivity index (χ4v) is 3.08. The highest BCUT2D eigenvalue weighted by Crippen LogP contribution is 2.24. The summed E-state index contributed by atoms with van der Waals surface area (Å²) in [5.74, 6) is 1.61. The largest absolute Gasteiger partial charge is 0.673 e. The molecule has 0 aliphatic carbocycles. The zero-order valence-corrected chi connectivity index (χ0v) is 17.8. The average Bonchev–Trinajstić information content (AvgIpc) is 2.78. The van der Waals surface area contributed by atoms with Gasteiger partial charge in [-0.25, -0.2) is 4.99 Å². The van der Waals surface area contributed by atoms with Crippen molar-refractivity contribution in [3.05, 3.63) is 89.8 Å². The van der Waals surface area contributed by atoms with Crippen molar-refractivity contribution in [2.45, 2.75) is 6.92 Å². The second-order valence-corrected chi connectivity index (χ2v) is 7.00. The molecule has 0 amide bonds. The molecule has 3 aromatic carbocycles. The summed E-state index contributed by atoms with van der Waals surface area (Å²) < 4.78 is 50.4. The maximum absolute atomic E-state index is 11.5. The quantitative estimate of drug-likeness (QED) is 0.269. The van der Waals surface area contributed by atoms with E-state index in [1.54, 1.807) is 14.0 Å². The highest BCUT2D eigenvalue weighted by Gasteiger charge is 2.20. The van der Waals surface area contributed by atoms with Crippen LogP contribution in [0, 0.1) is 0 Å². The Bertz CT molecular complexity index is 1310. The van der Waals surface area contributed by atoms with Gasteiger partial charge in [-0.15, -0.1) is 0 Å². The molecule has 170 valence electrons. The predicted molar refractivity (Wildman–Crippen MR) is 119 cm³/mol. The maximum Gasteiger partial charge on any atom is 0.673 e. The first-order valence-corrected chi connectivity index (χ1v) is 9.90. The van der Waals surface area contributed by atoms with Gasteiger partial charge in [0.1, 0.15) is 17.1 Å². The van der Waals surface area contributed by atoms with E-state index in [9.17, 15) is 22.1 Å². The third kappa shape index (κ3) is 6.80. The number of hydrogen-bond donors (Lipinski definition) is 1. The van der Waals surface area contributed by atoms with E-state index < -0.39 is 7.25 Å². The minimum Gasteiger partial charge on any atom is -0.497 e. The molecule has 33 heavy (non-hydrogen) atoms. The minimum absolute atomic E-state index is 0.0531. The van der Waals surface area contributed by atoms with E-state index in [1.807, 2.05) is 78.9 Å². The fraction of sp³-hybridized carbons (Fsp3) is 0.0833. The number of carbonyl (C=O) groups excluding carboxylic acids is 1. The number of halogens is 4. The summed E-state index contributed by atoms with van der Waals surface area (Å²) in [4.78, 5) is 14.9. The van der Waals surface area contributed by atoms with Crippen LogP contribution >= 0.6 is 0 Å². The first-order chi connectivity index (χ1) is 15.6. The molecule has 0 fully saturated rings. The summed E-state index contributed by atoms with van der Waals surface area (Å²) in [7, 11) is -4.35. The van der Waals surface area contributed by atoms with Crippen LogP contribution in [0.3, 0.4) is 0 Å². The summed E-state index contributed by atoms with van der Waals surface area (Å²) in [6.07, 6.45) is 0. The normalized spacial score (nSPS) is 11.6. The molecule has 4 rings (SSSR count). The molecule has 0 radical (unpaired) electrons. The Kier molecular flexibility index (Phi) is 7.32. The van der Waals surface area contributed by atoms with Crippen molar-refractivity contribution < 1.29 is 36.2 Å². The third-order valence-corrected chi connectivity index (χ3v) is 4.62. The molecule has 1 heterocycles. The third-order valence-electron chi connectivity index (χ3n) is 4.62. The van der Waals surface area contributed by atoms with E-state index in [0.29, 0.717) is 5.56 Å². The number of para-hydroxylation sites is 1. The molecule has 0 atom stereocenters. The number of rotatable bonds is 4. The molecular weight excluding hydrogens is 437 g/mol. The molecule has 4 nitrogen and oxygen atoms in total. The smallest absolute Gasteiger partial charge is 0.497 e. The van der Waals surface area contributed by atoms with E-state index in [1.165, 1.54) is 0 Å². The van der Waals surface area contributed by atoms with Gasteiger partial charge < -0.3 is 26.4 Å². The lowest BCUT2D eigenvalue weighted by Gasteiger charge is -2.04. The molecule has 0 spiro atoms. The first-order valence-electron chi connectivity index (χ1n) is 9.90. The zero-order chi connectivity index (χ0) is 24.0. The topological polar surface area (TPSA) is 53.4 Å². The Balaban J connectivity index is 0.000000555. The second-order valence-electron chi connectivity index (χ2n) is 7.00. The Morgan fingerprint density at radius 3 is 2.09 bits per heavy atom. The Hall–Kier alpha value is -3.88. The summed E-state index contributed by atoms with van der Waals surface area (Å²) >= 11 is 0. The van der Waals surface area contributed by atoms with Crippen LogP contribution < -0.4 is 15.1 Å². The van der Waals surface area contributed by atoms with Crippen molar-refractivity contribution in [3.8, 4) is 17.1 Å². The van der Waals surface area contributed by atoms with Gasteiger partial charge in [-0.2, -0.15) is 0 Å². The number of benzene rings is 3. The molecule has 0 saturated heterocycles. The standard InChI is InChI=1S/C24H19NO3.BF4/c1-16(26)17-7-11-19(12-8-17)25-22-15-24(18-9-13-20(27-2)14-10-18)28-23-6-4-3-5-21(22)23;2-1(3,4)5/h3-15H,1-2H3;/q;-1/p+1. The summed E-state index contributed by atoms with van der Waals surface area (Å²) in [6, 6.07) is 25.1. The minimum atomic E-state index is -6.00. The summed E-state index contributed by atoms with van der Waals surface area (Å²) in [6.45, 7) is 1.57. The van der Waals surface area contributed by atoms with Gasteiger partial charge in [0.2, 0.25) is 11.0 Å². The van der Waals surface area contributed by atoms with E-state index >= 15 is 0 Å². The van der Waals surface area contributed by atoms with Gasteiger partial charge in [0.25, 0.3) is 0 Å². The first kappa shape index (κ1) is 23.8. The van der Waals surface area contributed by atoms with Gasteiger partial charge >= 0.3 is 7.25 Å². The van der Waals surface area contributed by atoms with Gasteiger partial charge in [0, 0.05) is 23.3 Å². The summed E-state index contributed by atoms with van der Waals surface area (Å²) in [5, 5.41) is 1.92. The number of ether oxygens (including phenoxy) is 1. The molecule has 0 bridgehead atoms. The van der Waals surface area contributed by atoms with E-state index in [0.717, 1.165) is 39.1 Å². The van der Waals surface area contributed by atoms with Gasteiger partial charge in [0.05, 0.1) is 18.6 Å². The number of carbonyl (C=O) groups is 1. The van der Waals surface area contributed by atoms with Crippen molar-refractivity contribution in [1.82, 2.24) is 0 Å². The zero-order valence-electron chi connectivity index (χ0n) is 17.8. The molecule has 0 aliphatic rings. The van der Waals surface area contributed by atoms with Crippen molar-refractivity contribution in [2.24, 2.45) is 0 Å². The van der Waals surface area contributed by atoms with E-state index in [-0.39, 0.29) is 5.78 Å². The fourth-order valence-electron chi connectivity index (χ4n) is 3.08. The van der Waals surface area contributed by atoms with E-state index in [2.05, 4.69) is 4.99 Å². The summed E-state index contributed by atoms with van der Waals surface area (Å²) in [5.41, 5.74) is 3.35. The number of nitrogens with one attached hydrogen (secondary N) is 1. The van der Waals surface area contributed by atoms with Gasteiger partial charge in [0.15, 0.2) is 5.78 Å². The number of hydrogen-bond acceptors (Lipinski definition) is 3. The molecule has 1 N–H and O–H groups in total. The van der Waals surface area contributed by atoms with Crippen LogP contribution in [0.15, 0.2) is 83.3 Å². The van der Waals surface area contributed by atoms with Crippen LogP contribution in [0.1, 0.15) is 17.3 Å². The lowest BCUT2D eigenvalue weighted by atomic mass is 10.1. The molecule has 1 aromatic heterocycles. The molecule has 0 unspecified atom stereocenters. The lowest BCUT2D eigenvalue weighted by Crippen LogP contribution is -2.70. The van der Waals surface area contributed by atoms with Crippen LogP contribution in [0.2, 0.25) is 0 Å². The van der Waals surface area contributed by atoms with Crippen LogP contribution in [0.4, 0.5) is 23.0 Å². The van der Waals surface area contributed by atoms with Gasteiger partial charge in [-0.3, -0.25) is 4.79 Å². The van der Waals surface area contributed by atoms with Crippen molar-refractivity contribution >= 4 is 29.7 Å². The second kappa shape index (κ2) is 10.2. The average molecular weight is 457 g/mol. The van der Waals surface area contributed by atoms with Crippen molar-refractivity contribution in [3.63, 3.8) is 0 Å². The molecule has 4 aromatic rings. The SMILES string of the molecule is COc1ccc(-c2cc(=[NH+]c3ccc(C(C)=O)cc3)c3ccccc3o2)cc1.F[B-](F)(F)F. The maximum atomic E-state index is 11.5. The van der Waals surface area contributed by atoms with Crippen molar-refractivity contribution in [2.75, 3.05) is 7.11 Å². The molecule has 9 heteroatoms. The Labute approximate surface area is 187 Å². The molecule has 0 saturated carbocycles. The van der Waals surface area contributed by atoms with Crippen molar-refractivity contribution in [1.29, 1.82) is 0 Å². The van der Waals surface area contributed by atoms with Crippen LogP contribution in [0.5, 0.6) is 5.75 Å². The Morgan fingerprint density at radius 2 is 1.52 bits per heavy atom.